The molecule has 0 saturated heterocycles. The molecule has 1 N–H and O–H groups in total. The molecule has 0 saturated carbocycles. The van der Waals surface area contributed by atoms with Gasteiger partial charge < -0.3 is 10.1 Å². The number of hydrogen-bond acceptors (Lipinski definition) is 4. The van der Waals surface area contributed by atoms with Crippen LogP contribution in [-0.2, 0) is 0 Å². The molecule has 0 amide bonds. The van der Waals surface area contributed by atoms with Crippen LogP contribution in [-0.4, -0.2) is 23.6 Å². The van der Waals surface area contributed by atoms with Gasteiger partial charge in [-0.25, -0.2) is 9.97 Å². The third-order valence-corrected chi connectivity index (χ3v) is 3.19. The van der Waals surface area contributed by atoms with Gasteiger partial charge in [0.2, 0.25) is 0 Å². The van der Waals surface area contributed by atoms with Crippen LogP contribution in [0.4, 0.5) is 5.82 Å². The molecule has 0 bridgehead atoms. The number of ether oxygens (including phenoxy) is 1. The summed E-state index contributed by atoms with van der Waals surface area (Å²) < 4.78 is 5.66. The molecule has 0 radical (unpaired) electrons. The van der Waals surface area contributed by atoms with Gasteiger partial charge in [-0.2, -0.15) is 0 Å². The normalized spacial score (nSPS) is 10.4. The minimum absolute atomic E-state index is 0.721. The molecule has 0 aliphatic heterocycles. The summed E-state index contributed by atoms with van der Waals surface area (Å²) in [5.74, 6) is 2.45. The fourth-order valence-electron chi connectivity index (χ4n) is 1.95. The van der Waals surface area contributed by atoms with Crippen molar-refractivity contribution in [2.45, 2.75) is 27.2 Å². The second-order valence-corrected chi connectivity index (χ2v) is 4.73. The van der Waals surface area contributed by atoms with Crippen LogP contribution in [0.2, 0.25) is 0 Å². The average Bonchev–Trinajstić information content (AvgIpc) is 2.48. The Morgan fingerprint density at radius 2 is 2.00 bits per heavy atom. The largest absolute Gasteiger partial charge is 0.494 e. The highest BCUT2D eigenvalue weighted by Gasteiger charge is 2.09. The highest BCUT2D eigenvalue weighted by atomic mass is 16.5. The second kappa shape index (κ2) is 6.37. The Morgan fingerprint density at radius 1 is 1.20 bits per heavy atom. The van der Waals surface area contributed by atoms with E-state index in [0.717, 1.165) is 47.2 Å². The summed E-state index contributed by atoms with van der Waals surface area (Å²) in [7, 11) is 1.87. The smallest absolute Gasteiger partial charge is 0.161 e. The van der Waals surface area contributed by atoms with Crippen LogP contribution in [0.15, 0.2) is 24.3 Å². The summed E-state index contributed by atoms with van der Waals surface area (Å²) in [5, 5.41) is 3.11. The van der Waals surface area contributed by atoms with Gasteiger partial charge in [0.15, 0.2) is 5.82 Å². The van der Waals surface area contributed by atoms with Crippen molar-refractivity contribution in [2.24, 2.45) is 0 Å². The van der Waals surface area contributed by atoms with Crippen LogP contribution in [0.25, 0.3) is 11.4 Å². The molecular formula is C16H21N3O. The van der Waals surface area contributed by atoms with Gasteiger partial charge in [0.1, 0.15) is 11.6 Å². The van der Waals surface area contributed by atoms with Gasteiger partial charge in [-0.05, 0) is 32.4 Å². The first-order valence-electron chi connectivity index (χ1n) is 6.92. The fraction of sp³-hybridized carbons (Fsp3) is 0.375. The van der Waals surface area contributed by atoms with Crippen LogP contribution >= 0.6 is 0 Å². The highest BCUT2D eigenvalue weighted by molar-refractivity contribution is 5.61. The molecule has 4 heteroatoms. The summed E-state index contributed by atoms with van der Waals surface area (Å²) >= 11 is 0. The van der Waals surface area contributed by atoms with Crippen molar-refractivity contribution in [3.63, 3.8) is 0 Å². The molecule has 1 aromatic carbocycles. The van der Waals surface area contributed by atoms with Crippen molar-refractivity contribution in [1.82, 2.24) is 9.97 Å². The maximum absolute atomic E-state index is 5.66. The summed E-state index contributed by atoms with van der Waals surface area (Å²) in [5.41, 5.74) is 3.03. The van der Waals surface area contributed by atoms with E-state index in [4.69, 9.17) is 4.74 Å². The zero-order valence-corrected chi connectivity index (χ0v) is 12.5. The summed E-state index contributed by atoms with van der Waals surface area (Å²) in [6.07, 6.45) is 0.994. The monoisotopic (exact) mass is 271 g/mol. The van der Waals surface area contributed by atoms with Gasteiger partial charge in [0, 0.05) is 23.9 Å². The number of hydrogen-bond donors (Lipinski definition) is 1. The molecule has 2 aromatic rings. The first-order chi connectivity index (χ1) is 9.65. The van der Waals surface area contributed by atoms with Crippen molar-refractivity contribution < 1.29 is 4.74 Å². The van der Waals surface area contributed by atoms with E-state index in [1.807, 2.05) is 45.2 Å². The third-order valence-electron chi connectivity index (χ3n) is 3.19. The lowest BCUT2D eigenvalue weighted by Gasteiger charge is -2.11. The molecular weight excluding hydrogens is 250 g/mol. The Morgan fingerprint density at radius 3 is 2.70 bits per heavy atom. The lowest BCUT2D eigenvalue weighted by molar-refractivity contribution is 0.317. The number of aryl methyl sites for hydroxylation is 1. The SMILES string of the molecule is CCCOc1cccc(-c2nc(C)c(C)c(NC)n2)c1. The Labute approximate surface area is 120 Å². The first kappa shape index (κ1) is 14.3. The van der Waals surface area contributed by atoms with Crippen LogP contribution in [0, 0.1) is 13.8 Å². The van der Waals surface area contributed by atoms with Gasteiger partial charge in [-0.3, -0.25) is 0 Å². The van der Waals surface area contributed by atoms with Crippen LogP contribution in [0.5, 0.6) is 5.75 Å². The van der Waals surface area contributed by atoms with E-state index in [1.54, 1.807) is 0 Å². The van der Waals surface area contributed by atoms with Crippen LogP contribution < -0.4 is 10.1 Å². The average molecular weight is 271 g/mol. The Hall–Kier alpha value is -2.10. The van der Waals surface area contributed by atoms with Crippen LogP contribution in [0.3, 0.4) is 0 Å². The molecule has 20 heavy (non-hydrogen) atoms. The van der Waals surface area contributed by atoms with Crippen molar-refractivity contribution >= 4 is 5.82 Å². The van der Waals surface area contributed by atoms with E-state index in [1.165, 1.54) is 0 Å². The fourth-order valence-corrected chi connectivity index (χ4v) is 1.95. The molecule has 106 valence electrons. The Balaban J connectivity index is 2.38. The van der Waals surface area contributed by atoms with Gasteiger partial charge in [0.25, 0.3) is 0 Å². The second-order valence-electron chi connectivity index (χ2n) is 4.73. The van der Waals surface area contributed by atoms with E-state index in [-0.39, 0.29) is 0 Å². The van der Waals surface area contributed by atoms with E-state index in [2.05, 4.69) is 22.2 Å². The lowest BCUT2D eigenvalue weighted by atomic mass is 10.1. The number of nitrogens with zero attached hydrogens (tertiary/aromatic N) is 2. The zero-order chi connectivity index (χ0) is 14.5. The summed E-state index contributed by atoms with van der Waals surface area (Å²) in [4.78, 5) is 9.13. The van der Waals surface area contributed by atoms with Gasteiger partial charge in [0.05, 0.1) is 6.61 Å². The Kier molecular flexibility index (Phi) is 4.56. The topological polar surface area (TPSA) is 47.0 Å². The maximum Gasteiger partial charge on any atom is 0.161 e. The van der Waals surface area contributed by atoms with Gasteiger partial charge in [-0.1, -0.05) is 19.1 Å². The third kappa shape index (κ3) is 3.07. The molecule has 1 heterocycles. The number of aromatic nitrogens is 2. The van der Waals surface area contributed by atoms with E-state index in [0.29, 0.717) is 0 Å². The highest BCUT2D eigenvalue weighted by Crippen LogP contribution is 2.24. The quantitative estimate of drug-likeness (QED) is 0.902. The zero-order valence-electron chi connectivity index (χ0n) is 12.5. The summed E-state index contributed by atoms with van der Waals surface area (Å²) in [6.45, 7) is 6.83. The predicted molar refractivity (Wildman–Crippen MR) is 82.3 cm³/mol. The minimum Gasteiger partial charge on any atom is -0.494 e. The molecule has 4 nitrogen and oxygen atoms in total. The molecule has 0 fully saturated rings. The minimum atomic E-state index is 0.721. The first-order valence-corrected chi connectivity index (χ1v) is 6.92. The van der Waals surface area contributed by atoms with Crippen molar-refractivity contribution in [3.05, 3.63) is 35.5 Å². The van der Waals surface area contributed by atoms with Crippen molar-refractivity contribution in [1.29, 1.82) is 0 Å². The molecule has 0 atom stereocenters. The van der Waals surface area contributed by atoms with Gasteiger partial charge >= 0.3 is 0 Å². The molecule has 0 spiro atoms. The van der Waals surface area contributed by atoms with Crippen molar-refractivity contribution in [3.8, 4) is 17.1 Å². The van der Waals surface area contributed by atoms with E-state index in [9.17, 15) is 0 Å². The molecule has 0 aliphatic carbocycles. The standard InChI is InChI=1S/C16H21N3O/c1-5-9-20-14-8-6-7-13(10-14)16-18-12(3)11(2)15(17-4)19-16/h6-8,10H,5,9H2,1-4H3,(H,17,18,19). The van der Waals surface area contributed by atoms with Crippen LogP contribution in [0.1, 0.15) is 24.6 Å². The maximum atomic E-state index is 5.66. The number of rotatable bonds is 5. The van der Waals surface area contributed by atoms with E-state index >= 15 is 0 Å². The van der Waals surface area contributed by atoms with Crippen molar-refractivity contribution in [2.75, 3.05) is 19.0 Å². The van der Waals surface area contributed by atoms with E-state index < -0.39 is 0 Å². The predicted octanol–water partition coefficient (Wildman–Crippen LogP) is 3.59. The summed E-state index contributed by atoms with van der Waals surface area (Å²) in [6, 6.07) is 7.92. The Bertz CT molecular complexity index is 596. The number of nitrogens with one attached hydrogen (secondary N) is 1. The van der Waals surface area contributed by atoms with Gasteiger partial charge in [-0.15, -0.1) is 0 Å². The molecule has 0 aliphatic rings. The molecule has 1 aromatic heterocycles. The lowest BCUT2D eigenvalue weighted by Crippen LogP contribution is -2.03. The number of anilines is 1. The molecule has 2 rings (SSSR count). The molecule has 0 unspecified atom stereocenters. The number of benzene rings is 1.